The van der Waals surface area contributed by atoms with Crippen LogP contribution in [0, 0.1) is 5.82 Å². The minimum Gasteiger partial charge on any atom is -0.296 e. The number of nitrogens with one attached hydrogen (secondary N) is 1. The zero-order valence-corrected chi connectivity index (χ0v) is 17.1. The van der Waals surface area contributed by atoms with Crippen LogP contribution in [0.3, 0.4) is 0 Å². The van der Waals surface area contributed by atoms with Gasteiger partial charge >= 0.3 is 6.18 Å². The van der Waals surface area contributed by atoms with Gasteiger partial charge in [0, 0.05) is 22.7 Å². The van der Waals surface area contributed by atoms with Crippen LogP contribution in [-0.4, -0.2) is 24.6 Å². The molecule has 0 fully saturated rings. The minimum atomic E-state index is -4.80. The Morgan fingerprint density at radius 2 is 1.78 bits per heavy atom. The number of halogens is 4. The molecular weight excluding hydrogens is 422 g/mol. The van der Waals surface area contributed by atoms with Crippen LogP contribution < -0.4 is 0 Å². The van der Waals surface area contributed by atoms with E-state index in [0.29, 0.717) is 5.65 Å². The van der Waals surface area contributed by atoms with E-state index in [9.17, 15) is 17.6 Å². The van der Waals surface area contributed by atoms with Gasteiger partial charge in [0.25, 0.3) is 0 Å². The Kier molecular flexibility index (Phi) is 4.51. The van der Waals surface area contributed by atoms with Crippen molar-refractivity contribution >= 4 is 16.6 Å². The van der Waals surface area contributed by atoms with Gasteiger partial charge in [0.1, 0.15) is 5.82 Å². The van der Waals surface area contributed by atoms with Crippen LogP contribution in [0.2, 0.25) is 0 Å². The first-order valence-electron chi connectivity index (χ1n) is 9.91. The fourth-order valence-corrected chi connectivity index (χ4v) is 3.80. The maximum absolute atomic E-state index is 13.7. The average molecular weight is 439 g/mol. The van der Waals surface area contributed by atoms with Crippen LogP contribution in [0.15, 0.2) is 55.0 Å². The third-order valence-electron chi connectivity index (χ3n) is 5.36. The fraction of sp³-hybridized carbons (Fsp3) is 0.174. The molecule has 3 heterocycles. The summed E-state index contributed by atoms with van der Waals surface area (Å²) in [6.45, 7) is 4.04. The van der Waals surface area contributed by atoms with Crippen LogP contribution in [0.5, 0.6) is 0 Å². The number of hydrogen-bond donors (Lipinski definition) is 1. The second kappa shape index (κ2) is 7.15. The van der Waals surface area contributed by atoms with Crippen molar-refractivity contribution in [3.05, 3.63) is 72.1 Å². The van der Waals surface area contributed by atoms with Gasteiger partial charge in [-0.25, -0.2) is 9.37 Å². The number of alkyl halides is 3. The molecule has 3 aromatic heterocycles. The lowest BCUT2D eigenvalue weighted by Gasteiger charge is -2.11. The quantitative estimate of drug-likeness (QED) is 0.340. The van der Waals surface area contributed by atoms with E-state index in [4.69, 9.17) is 4.98 Å². The lowest BCUT2D eigenvalue weighted by Crippen LogP contribution is -2.08. The Morgan fingerprint density at radius 3 is 2.53 bits per heavy atom. The van der Waals surface area contributed by atoms with E-state index < -0.39 is 17.6 Å². The van der Waals surface area contributed by atoms with Crippen molar-refractivity contribution < 1.29 is 17.6 Å². The summed E-state index contributed by atoms with van der Waals surface area (Å²) in [4.78, 5) is 8.99. The highest BCUT2D eigenvalue weighted by molar-refractivity contribution is 5.84. The van der Waals surface area contributed by atoms with Crippen molar-refractivity contribution in [2.24, 2.45) is 0 Å². The molecule has 0 unspecified atom stereocenters. The lowest BCUT2D eigenvalue weighted by atomic mass is 10.0. The van der Waals surface area contributed by atoms with Crippen molar-refractivity contribution in [1.29, 1.82) is 0 Å². The highest BCUT2D eigenvalue weighted by Crippen LogP contribution is 2.35. The summed E-state index contributed by atoms with van der Waals surface area (Å²) >= 11 is 0. The molecule has 5 aromatic rings. The number of hydrogen-bond acceptors (Lipinski definition) is 3. The molecule has 0 aliphatic rings. The molecule has 2 aromatic carbocycles. The maximum Gasteiger partial charge on any atom is 0.419 e. The summed E-state index contributed by atoms with van der Waals surface area (Å²) in [5, 5.41) is 7.89. The fourth-order valence-electron chi connectivity index (χ4n) is 3.80. The Hall–Kier alpha value is -3.75. The molecule has 0 bridgehead atoms. The largest absolute Gasteiger partial charge is 0.419 e. The molecule has 0 saturated heterocycles. The summed E-state index contributed by atoms with van der Waals surface area (Å²) in [6, 6.07) is 8.71. The van der Waals surface area contributed by atoms with E-state index in [1.54, 1.807) is 12.4 Å². The topological polar surface area (TPSA) is 58.9 Å². The highest BCUT2D eigenvalue weighted by atomic mass is 19.4. The van der Waals surface area contributed by atoms with E-state index in [-0.39, 0.29) is 17.2 Å². The van der Waals surface area contributed by atoms with E-state index in [0.717, 1.165) is 40.0 Å². The van der Waals surface area contributed by atoms with E-state index in [2.05, 4.69) is 15.2 Å². The van der Waals surface area contributed by atoms with Crippen molar-refractivity contribution in [2.45, 2.75) is 25.9 Å². The third-order valence-corrected chi connectivity index (χ3v) is 5.36. The Morgan fingerprint density at radius 1 is 1.00 bits per heavy atom. The zero-order chi connectivity index (χ0) is 22.6. The van der Waals surface area contributed by atoms with Crippen molar-refractivity contribution in [2.75, 3.05) is 0 Å². The molecule has 5 rings (SSSR count). The van der Waals surface area contributed by atoms with Crippen LogP contribution in [-0.2, 0) is 6.18 Å². The van der Waals surface area contributed by atoms with Gasteiger partial charge in [-0.15, -0.1) is 0 Å². The smallest absolute Gasteiger partial charge is 0.296 e. The first kappa shape index (κ1) is 20.2. The predicted octanol–water partition coefficient (Wildman–Crippen LogP) is 6.22. The molecule has 162 valence electrons. The van der Waals surface area contributed by atoms with Crippen LogP contribution >= 0.6 is 0 Å². The molecule has 0 spiro atoms. The van der Waals surface area contributed by atoms with Crippen LogP contribution in [0.4, 0.5) is 17.6 Å². The molecule has 0 saturated carbocycles. The molecule has 32 heavy (non-hydrogen) atoms. The standard InChI is InChI=1S/C23H17F4N5/c1-12(2)21-22(14-4-6-18-15(7-14)9-29-31-18)32-11-19(28-10-20(32)30-21)13-3-5-17(24)16(8-13)23(25,26)27/h3-12H,1-2H3,(H,29,31). The Labute approximate surface area is 179 Å². The number of H-pyrrole nitrogens is 1. The SMILES string of the molecule is CC(C)c1nc2cnc(-c3ccc(F)c(C(F)(F)F)c3)cn2c1-c1ccc2[nH]ncc2c1. The number of fused-ring (bicyclic) bond motifs is 2. The number of imidazole rings is 1. The molecule has 0 amide bonds. The molecule has 0 atom stereocenters. The van der Waals surface area contributed by atoms with Gasteiger partial charge in [-0.05, 0) is 36.2 Å². The Balaban J connectivity index is 1.73. The lowest BCUT2D eigenvalue weighted by molar-refractivity contribution is -0.139. The van der Waals surface area contributed by atoms with Gasteiger partial charge in [-0.3, -0.25) is 14.5 Å². The van der Waals surface area contributed by atoms with Crippen molar-refractivity contribution in [3.8, 4) is 22.5 Å². The number of aromatic amines is 1. The molecule has 9 heteroatoms. The number of nitrogens with zero attached hydrogens (tertiary/aromatic N) is 4. The molecule has 5 nitrogen and oxygen atoms in total. The van der Waals surface area contributed by atoms with Crippen LogP contribution in [0.1, 0.15) is 31.0 Å². The summed E-state index contributed by atoms with van der Waals surface area (Å²) in [6.07, 6.45) is 0.0741. The van der Waals surface area contributed by atoms with Gasteiger partial charge in [0.05, 0.1) is 40.6 Å². The molecule has 0 aliphatic heterocycles. The Bertz CT molecular complexity index is 1460. The van der Waals surface area contributed by atoms with E-state index >= 15 is 0 Å². The molecular formula is C23H17F4N5. The molecule has 0 aliphatic carbocycles. The minimum absolute atomic E-state index is 0.0936. The summed E-state index contributed by atoms with van der Waals surface area (Å²) < 4.78 is 55.1. The second-order valence-corrected chi connectivity index (χ2v) is 7.87. The van der Waals surface area contributed by atoms with Crippen molar-refractivity contribution in [3.63, 3.8) is 0 Å². The highest BCUT2D eigenvalue weighted by Gasteiger charge is 2.34. The average Bonchev–Trinajstić information content (AvgIpc) is 3.36. The summed E-state index contributed by atoms with van der Waals surface area (Å²) in [7, 11) is 0. The number of aromatic nitrogens is 5. The van der Waals surface area contributed by atoms with Gasteiger partial charge in [-0.2, -0.15) is 18.3 Å². The maximum atomic E-state index is 13.7. The third kappa shape index (κ3) is 3.30. The summed E-state index contributed by atoms with van der Waals surface area (Å²) in [5.41, 5.74) is 3.12. The number of rotatable bonds is 3. The first-order chi connectivity index (χ1) is 15.2. The van der Waals surface area contributed by atoms with E-state index in [1.807, 2.05) is 36.4 Å². The predicted molar refractivity (Wildman–Crippen MR) is 113 cm³/mol. The van der Waals surface area contributed by atoms with Crippen LogP contribution in [0.25, 0.3) is 39.1 Å². The number of benzene rings is 2. The van der Waals surface area contributed by atoms with Gasteiger partial charge in [0.15, 0.2) is 5.65 Å². The first-order valence-corrected chi connectivity index (χ1v) is 9.91. The molecule has 1 N–H and O–H groups in total. The molecule has 0 radical (unpaired) electrons. The van der Waals surface area contributed by atoms with Gasteiger partial charge in [0.2, 0.25) is 0 Å². The van der Waals surface area contributed by atoms with Gasteiger partial charge in [-0.1, -0.05) is 19.9 Å². The van der Waals surface area contributed by atoms with Gasteiger partial charge < -0.3 is 0 Å². The monoisotopic (exact) mass is 439 g/mol. The summed E-state index contributed by atoms with van der Waals surface area (Å²) in [5.74, 6) is -1.22. The van der Waals surface area contributed by atoms with E-state index in [1.165, 1.54) is 12.3 Å². The normalized spacial score (nSPS) is 12.3. The van der Waals surface area contributed by atoms with Crippen molar-refractivity contribution in [1.82, 2.24) is 24.6 Å². The second-order valence-electron chi connectivity index (χ2n) is 7.87. The zero-order valence-electron chi connectivity index (χ0n) is 17.1.